The zero-order chi connectivity index (χ0) is 22.1. The summed E-state index contributed by atoms with van der Waals surface area (Å²) < 4.78 is 3.38. The van der Waals surface area contributed by atoms with Crippen LogP contribution < -0.4 is 10.5 Å². The molecule has 1 aliphatic rings. The summed E-state index contributed by atoms with van der Waals surface area (Å²) in [7, 11) is 0. The molecule has 1 fully saturated rings. The smallest absolute Gasteiger partial charge is 0.266 e. The number of hydrogen-bond donors (Lipinski definition) is 0. The van der Waals surface area contributed by atoms with E-state index in [1.54, 1.807) is 35.5 Å². The lowest BCUT2D eigenvalue weighted by atomic mass is 10.2. The van der Waals surface area contributed by atoms with E-state index in [2.05, 4.69) is 41.9 Å². The highest BCUT2D eigenvalue weighted by Crippen LogP contribution is 2.23. The van der Waals surface area contributed by atoms with E-state index < -0.39 is 0 Å². The largest absolute Gasteiger partial charge is 0.354 e. The zero-order valence-electron chi connectivity index (χ0n) is 18.2. The van der Waals surface area contributed by atoms with Gasteiger partial charge in [-0.3, -0.25) is 14.7 Å². The number of nitrogens with zero attached hydrogens (tertiary/aromatic N) is 9. The Labute approximate surface area is 185 Å². The highest BCUT2D eigenvalue weighted by atomic mass is 16.1. The van der Waals surface area contributed by atoms with Crippen LogP contribution >= 0.6 is 0 Å². The van der Waals surface area contributed by atoms with Crippen molar-refractivity contribution in [3.05, 3.63) is 64.6 Å². The lowest BCUT2D eigenvalue weighted by molar-refractivity contribution is 0.242. The SMILES string of the molecule is Cc1nc2ncnn2c(N2CCN(CCn3nc(-c4ccncc4)ccc3=O)CC2)c1C. The second kappa shape index (κ2) is 8.46. The van der Waals surface area contributed by atoms with Gasteiger partial charge in [0.2, 0.25) is 0 Å². The molecular weight excluding hydrogens is 406 g/mol. The van der Waals surface area contributed by atoms with Crippen molar-refractivity contribution in [3.8, 4) is 11.3 Å². The second-order valence-corrected chi connectivity index (χ2v) is 7.96. The lowest BCUT2D eigenvalue weighted by Gasteiger charge is -2.36. The standard InChI is InChI=1S/C22H25N9O/c1-16-17(2)26-22-24-15-25-31(22)21(16)29-12-9-28(10-13-29)11-14-30-20(32)4-3-19(27-30)18-5-7-23-8-6-18/h3-8,15H,9-14H2,1-2H3. The molecule has 1 saturated heterocycles. The minimum Gasteiger partial charge on any atom is -0.354 e. The molecule has 0 atom stereocenters. The van der Waals surface area contributed by atoms with Gasteiger partial charge < -0.3 is 4.90 Å². The van der Waals surface area contributed by atoms with Crippen molar-refractivity contribution >= 4 is 11.6 Å². The summed E-state index contributed by atoms with van der Waals surface area (Å²) >= 11 is 0. The molecule has 0 radical (unpaired) electrons. The number of hydrogen-bond acceptors (Lipinski definition) is 8. The third-order valence-electron chi connectivity index (χ3n) is 6.02. The summed E-state index contributed by atoms with van der Waals surface area (Å²) in [6.07, 6.45) is 5.00. The van der Waals surface area contributed by atoms with Crippen LogP contribution in [-0.4, -0.2) is 72.0 Å². The van der Waals surface area contributed by atoms with E-state index in [9.17, 15) is 4.79 Å². The minimum atomic E-state index is -0.0853. The first-order valence-electron chi connectivity index (χ1n) is 10.7. The van der Waals surface area contributed by atoms with Gasteiger partial charge in [-0.15, -0.1) is 0 Å². The second-order valence-electron chi connectivity index (χ2n) is 7.96. The minimum absolute atomic E-state index is 0.0853. The molecule has 0 bridgehead atoms. The zero-order valence-corrected chi connectivity index (χ0v) is 18.2. The third-order valence-corrected chi connectivity index (χ3v) is 6.02. The van der Waals surface area contributed by atoms with Gasteiger partial charge in [-0.1, -0.05) is 0 Å². The molecule has 0 N–H and O–H groups in total. The number of piperazine rings is 1. The van der Waals surface area contributed by atoms with Gasteiger partial charge in [0, 0.05) is 68.0 Å². The van der Waals surface area contributed by atoms with Gasteiger partial charge >= 0.3 is 0 Å². The average Bonchev–Trinajstić information content (AvgIpc) is 3.28. The van der Waals surface area contributed by atoms with Crippen LogP contribution in [0.2, 0.25) is 0 Å². The Morgan fingerprint density at radius 3 is 2.53 bits per heavy atom. The van der Waals surface area contributed by atoms with Crippen molar-refractivity contribution in [2.45, 2.75) is 20.4 Å². The highest BCUT2D eigenvalue weighted by molar-refractivity contribution is 5.57. The summed E-state index contributed by atoms with van der Waals surface area (Å²) in [6, 6.07) is 7.13. The van der Waals surface area contributed by atoms with Gasteiger partial charge in [0.15, 0.2) is 0 Å². The molecule has 164 valence electrons. The van der Waals surface area contributed by atoms with Crippen LogP contribution in [0.3, 0.4) is 0 Å². The fourth-order valence-corrected chi connectivity index (χ4v) is 4.09. The van der Waals surface area contributed by atoms with Crippen LogP contribution in [0, 0.1) is 13.8 Å². The molecule has 4 aromatic rings. The van der Waals surface area contributed by atoms with Crippen LogP contribution in [0.1, 0.15) is 11.3 Å². The van der Waals surface area contributed by atoms with Crippen LogP contribution in [0.4, 0.5) is 5.82 Å². The van der Waals surface area contributed by atoms with Crippen molar-refractivity contribution < 1.29 is 0 Å². The summed E-state index contributed by atoms with van der Waals surface area (Å²) in [6.45, 7) is 8.96. The van der Waals surface area contributed by atoms with E-state index in [4.69, 9.17) is 0 Å². The maximum Gasteiger partial charge on any atom is 0.266 e. The summed E-state index contributed by atoms with van der Waals surface area (Å²) in [5.41, 5.74) is 3.74. The van der Waals surface area contributed by atoms with Crippen molar-refractivity contribution in [2.24, 2.45) is 0 Å². The highest BCUT2D eigenvalue weighted by Gasteiger charge is 2.22. The summed E-state index contributed by atoms with van der Waals surface area (Å²) in [4.78, 5) is 29.8. The van der Waals surface area contributed by atoms with Gasteiger partial charge in [0.25, 0.3) is 11.3 Å². The van der Waals surface area contributed by atoms with Crippen LogP contribution in [0.15, 0.2) is 47.8 Å². The van der Waals surface area contributed by atoms with Crippen molar-refractivity contribution in [2.75, 3.05) is 37.6 Å². The molecule has 4 aromatic heterocycles. The van der Waals surface area contributed by atoms with E-state index in [0.29, 0.717) is 12.3 Å². The molecule has 32 heavy (non-hydrogen) atoms. The topological polar surface area (TPSA) is 97.3 Å². The predicted octanol–water partition coefficient (Wildman–Crippen LogP) is 1.18. The monoisotopic (exact) mass is 431 g/mol. The van der Waals surface area contributed by atoms with Gasteiger partial charge in [-0.05, 0) is 32.0 Å². The number of anilines is 1. The predicted molar refractivity (Wildman–Crippen MR) is 121 cm³/mol. The number of aromatic nitrogens is 7. The van der Waals surface area contributed by atoms with E-state index >= 15 is 0 Å². The summed E-state index contributed by atoms with van der Waals surface area (Å²) in [5, 5.41) is 8.92. The molecule has 0 saturated carbocycles. The molecule has 0 aromatic carbocycles. The number of aryl methyl sites for hydroxylation is 1. The molecule has 0 spiro atoms. The van der Waals surface area contributed by atoms with Gasteiger partial charge in [-0.25, -0.2) is 9.67 Å². The van der Waals surface area contributed by atoms with E-state index in [1.165, 1.54) is 0 Å². The maximum atomic E-state index is 12.3. The van der Waals surface area contributed by atoms with Crippen molar-refractivity contribution in [3.63, 3.8) is 0 Å². The van der Waals surface area contributed by atoms with E-state index in [1.807, 2.05) is 23.6 Å². The van der Waals surface area contributed by atoms with Gasteiger partial charge in [-0.2, -0.15) is 19.7 Å². The first-order valence-corrected chi connectivity index (χ1v) is 10.7. The molecule has 5 heterocycles. The molecule has 10 heteroatoms. The molecule has 1 aliphatic heterocycles. The normalized spacial score (nSPS) is 14.9. The fraction of sp³-hybridized carbons (Fsp3) is 0.364. The average molecular weight is 432 g/mol. The molecule has 5 rings (SSSR count). The third kappa shape index (κ3) is 3.84. The number of fused-ring (bicyclic) bond motifs is 1. The molecular formula is C22H25N9O. The Kier molecular flexibility index (Phi) is 5.36. The Balaban J connectivity index is 1.26. The van der Waals surface area contributed by atoms with Gasteiger partial charge in [0.1, 0.15) is 12.1 Å². The quantitative estimate of drug-likeness (QED) is 0.465. The van der Waals surface area contributed by atoms with E-state index in [0.717, 1.165) is 61.1 Å². The lowest BCUT2D eigenvalue weighted by Crippen LogP contribution is -2.48. The fourth-order valence-electron chi connectivity index (χ4n) is 4.09. The Hall–Kier alpha value is -3.66. The van der Waals surface area contributed by atoms with Crippen LogP contribution in [0.25, 0.3) is 17.0 Å². The van der Waals surface area contributed by atoms with Gasteiger partial charge in [0.05, 0.1) is 12.2 Å². The first kappa shape index (κ1) is 20.3. The van der Waals surface area contributed by atoms with Crippen LogP contribution in [0.5, 0.6) is 0 Å². The van der Waals surface area contributed by atoms with Crippen LogP contribution in [-0.2, 0) is 6.54 Å². The molecule has 10 nitrogen and oxygen atoms in total. The number of pyridine rings is 1. The Morgan fingerprint density at radius 2 is 1.75 bits per heavy atom. The Bertz CT molecular complexity index is 1290. The molecule has 0 amide bonds. The van der Waals surface area contributed by atoms with Crippen molar-refractivity contribution in [1.82, 2.24) is 39.2 Å². The summed E-state index contributed by atoms with van der Waals surface area (Å²) in [5.74, 6) is 1.69. The molecule has 0 aliphatic carbocycles. The first-order chi connectivity index (χ1) is 15.6. The molecule has 0 unspecified atom stereocenters. The number of rotatable bonds is 5. The van der Waals surface area contributed by atoms with Crippen molar-refractivity contribution in [1.29, 1.82) is 0 Å². The Morgan fingerprint density at radius 1 is 0.969 bits per heavy atom. The van der Waals surface area contributed by atoms with E-state index in [-0.39, 0.29) is 5.56 Å². The maximum absolute atomic E-state index is 12.3.